The van der Waals surface area contributed by atoms with Gasteiger partial charge in [0.15, 0.2) is 9.84 Å². The van der Waals surface area contributed by atoms with E-state index in [1.54, 1.807) is 25.3 Å². The Morgan fingerprint density at radius 3 is 2.67 bits per heavy atom. The summed E-state index contributed by atoms with van der Waals surface area (Å²) in [5.74, 6) is -0.0294. The predicted molar refractivity (Wildman–Crippen MR) is 69.0 cm³/mol. The lowest BCUT2D eigenvalue weighted by atomic mass is 10.1. The summed E-state index contributed by atoms with van der Waals surface area (Å²) in [6.45, 7) is 2.31. The van der Waals surface area contributed by atoms with Crippen LogP contribution >= 0.6 is 0 Å². The number of ether oxygens (including phenoxy) is 2. The summed E-state index contributed by atoms with van der Waals surface area (Å²) in [7, 11) is -1.72. The van der Waals surface area contributed by atoms with Crippen molar-refractivity contribution in [3.63, 3.8) is 0 Å². The minimum absolute atomic E-state index is 0.194. The molecule has 0 spiro atoms. The highest BCUT2D eigenvalue weighted by molar-refractivity contribution is 7.90. The molecule has 1 aliphatic carbocycles. The van der Waals surface area contributed by atoms with E-state index in [1.807, 2.05) is 6.92 Å². The van der Waals surface area contributed by atoms with Gasteiger partial charge in [0.25, 0.3) is 0 Å². The topological polar surface area (TPSA) is 72.8 Å². The standard InChI is InChI=1S/C12H18O5S/c1-4-17-12-7-9(5-6-11(12)16-2)10(13)8-18(3,14)15/h5-7,11,13H,4,8H2,1-3H3/b10-9-. The fraction of sp³-hybridized carbons (Fsp3) is 0.500. The largest absolute Gasteiger partial charge is 0.511 e. The van der Waals surface area contributed by atoms with Crippen molar-refractivity contribution in [2.75, 3.05) is 25.7 Å². The van der Waals surface area contributed by atoms with Gasteiger partial charge in [-0.25, -0.2) is 8.42 Å². The Kier molecular flexibility index (Phi) is 4.98. The van der Waals surface area contributed by atoms with Crippen molar-refractivity contribution in [2.45, 2.75) is 13.0 Å². The van der Waals surface area contributed by atoms with E-state index in [0.29, 0.717) is 17.9 Å². The van der Waals surface area contributed by atoms with Crippen LogP contribution in [0.15, 0.2) is 35.3 Å². The molecule has 6 heteroatoms. The van der Waals surface area contributed by atoms with E-state index in [9.17, 15) is 13.5 Å². The second-order valence-electron chi connectivity index (χ2n) is 3.97. The normalized spacial score (nSPS) is 22.6. The Hall–Kier alpha value is -1.27. The zero-order valence-electron chi connectivity index (χ0n) is 10.7. The van der Waals surface area contributed by atoms with E-state index in [2.05, 4.69) is 0 Å². The smallest absolute Gasteiger partial charge is 0.154 e. The van der Waals surface area contributed by atoms with Gasteiger partial charge in [0.1, 0.15) is 23.4 Å². The molecule has 0 aromatic carbocycles. The van der Waals surface area contributed by atoms with Gasteiger partial charge in [-0.05, 0) is 19.1 Å². The van der Waals surface area contributed by atoms with Crippen molar-refractivity contribution in [1.82, 2.24) is 0 Å². The van der Waals surface area contributed by atoms with Crippen molar-refractivity contribution < 1.29 is 23.0 Å². The molecule has 0 aromatic rings. The molecule has 0 heterocycles. The maximum absolute atomic E-state index is 11.1. The number of allylic oxidation sites excluding steroid dienone is 3. The van der Waals surface area contributed by atoms with E-state index < -0.39 is 9.84 Å². The Morgan fingerprint density at radius 2 is 2.17 bits per heavy atom. The molecule has 0 saturated carbocycles. The van der Waals surface area contributed by atoms with Crippen LogP contribution in [0.25, 0.3) is 0 Å². The molecular formula is C12H18O5S. The van der Waals surface area contributed by atoms with Crippen LogP contribution in [0.4, 0.5) is 0 Å². The molecule has 0 fully saturated rings. The first kappa shape index (κ1) is 14.8. The van der Waals surface area contributed by atoms with E-state index in [4.69, 9.17) is 9.47 Å². The van der Waals surface area contributed by atoms with Gasteiger partial charge in [-0.2, -0.15) is 0 Å². The first-order chi connectivity index (χ1) is 8.37. The van der Waals surface area contributed by atoms with Gasteiger partial charge in [0.05, 0.1) is 6.61 Å². The minimum atomic E-state index is -3.26. The zero-order valence-corrected chi connectivity index (χ0v) is 11.5. The number of methoxy groups -OCH3 is 1. The summed E-state index contributed by atoms with van der Waals surface area (Å²) in [6.07, 6.45) is 5.69. The predicted octanol–water partition coefficient (Wildman–Crippen LogP) is 1.35. The number of rotatable bonds is 5. The van der Waals surface area contributed by atoms with Gasteiger partial charge in [0.2, 0.25) is 0 Å². The Bertz CT molecular complexity index is 485. The molecule has 0 bridgehead atoms. The van der Waals surface area contributed by atoms with Crippen LogP contribution in [0.5, 0.6) is 0 Å². The molecule has 1 N–H and O–H groups in total. The van der Waals surface area contributed by atoms with Crippen LogP contribution in [0.2, 0.25) is 0 Å². The highest BCUT2D eigenvalue weighted by Gasteiger charge is 2.18. The first-order valence-electron chi connectivity index (χ1n) is 5.52. The number of aliphatic hydroxyl groups excluding tert-OH is 1. The lowest BCUT2D eigenvalue weighted by Crippen LogP contribution is -2.17. The zero-order chi connectivity index (χ0) is 13.8. The molecule has 102 valence electrons. The molecule has 0 amide bonds. The molecule has 18 heavy (non-hydrogen) atoms. The Morgan fingerprint density at radius 1 is 1.50 bits per heavy atom. The number of hydrogen-bond acceptors (Lipinski definition) is 5. The highest BCUT2D eigenvalue weighted by atomic mass is 32.2. The van der Waals surface area contributed by atoms with Crippen LogP contribution in [-0.4, -0.2) is 45.4 Å². The molecule has 0 radical (unpaired) electrons. The van der Waals surface area contributed by atoms with Crippen LogP contribution in [-0.2, 0) is 19.3 Å². The number of aliphatic hydroxyl groups is 1. The monoisotopic (exact) mass is 274 g/mol. The van der Waals surface area contributed by atoms with Gasteiger partial charge in [-0.15, -0.1) is 0 Å². The molecule has 5 nitrogen and oxygen atoms in total. The maximum atomic E-state index is 11.1. The van der Waals surface area contributed by atoms with Crippen LogP contribution in [0, 0.1) is 0 Å². The van der Waals surface area contributed by atoms with Crippen molar-refractivity contribution in [1.29, 1.82) is 0 Å². The summed E-state index contributed by atoms with van der Waals surface area (Å²) in [5.41, 5.74) is 0.428. The van der Waals surface area contributed by atoms with Gasteiger partial charge in [-0.1, -0.05) is 6.08 Å². The fourth-order valence-corrected chi connectivity index (χ4v) is 2.23. The third-order valence-electron chi connectivity index (χ3n) is 2.33. The molecule has 1 atom stereocenters. The first-order valence-corrected chi connectivity index (χ1v) is 7.58. The summed E-state index contributed by atoms with van der Waals surface area (Å²) >= 11 is 0. The quantitative estimate of drug-likeness (QED) is 0.766. The summed E-state index contributed by atoms with van der Waals surface area (Å²) in [6, 6.07) is 0. The number of hydrogen-bond donors (Lipinski definition) is 1. The van der Waals surface area contributed by atoms with Crippen molar-refractivity contribution >= 4 is 9.84 Å². The molecule has 1 rings (SSSR count). The highest BCUT2D eigenvalue weighted by Crippen LogP contribution is 2.21. The molecule has 1 unspecified atom stereocenters. The van der Waals surface area contributed by atoms with Gasteiger partial charge in [-0.3, -0.25) is 0 Å². The van der Waals surface area contributed by atoms with Gasteiger partial charge >= 0.3 is 0 Å². The third-order valence-corrected chi connectivity index (χ3v) is 3.12. The lowest BCUT2D eigenvalue weighted by Gasteiger charge is -2.20. The van der Waals surface area contributed by atoms with Gasteiger partial charge in [0, 0.05) is 18.9 Å². The minimum Gasteiger partial charge on any atom is -0.511 e. The van der Waals surface area contributed by atoms with E-state index in [0.717, 1.165) is 6.26 Å². The van der Waals surface area contributed by atoms with Gasteiger partial charge < -0.3 is 14.6 Å². The Labute approximate surface area is 107 Å². The molecule has 1 aliphatic rings. The lowest BCUT2D eigenvalue weighted by molar-refractivity contribution is 0.0936. The van der Waals surface area contributed by atoms with Crippen LogP contribution < -0.4 is 0 Å². The summed E-state index contributed by atoms with van der Waals surface area (Å²) < 4.78 is 32.8. The third kappa shape index (κ3) is 4.19. The SMILES string of the molecule is CCOC1=C/C(=C(\O)CS(C)(=O)=O)C=CC1OC. The number of sulfone groups is 1. The van der Waals surface area contributed by atoms with Crippen molar-refractivity contribution in [3.05, 3.63) is 35.3 Å². The van der Waals surface area contributed by atoms with E-state index >= 15 is 0 Å². The average molecular weight is 274 g/mol. The molecule has 0 aliphatic heterocycles. The Balaban J connectivity index is 3.01. The average Bonchev–Trinajstić information content (AvgIpc) is 2.27. The molecule has 0 saturated heterocycles. The van der Waals surface area contributed by atoms with E-state index in [1.165, 1.54) is 0 Å². The second-order valence-corrected chi connectivity index (χ2v) is 6.11. The van der Waals surface area contributed by atoms with Crippen molar-refractivity contribution in [3.8, 4) is 0 Å². The second kappa shape index (κ2) is 6.06. The van der Waals surface area contributed by atoms with Crippen LogP contribution in [0.3, 0.4) is 0 Å². The summed E-state index contributed by atoms with van der Waals surface area (Å²) in [5, 5.41) is 9.76. The fourth-order valence-electron chi connectivity index (χ4n) is 1.57. The maximum Gasteiger partial charge on any atom is 0.154 e. The van der Waals surface area contributed by atoms with Crippen molar-refractivity contribution in [2.24, 2.45) is 0 Å². The van der Waals surface area contributed by atoms with Crippen LogP contribution in [0.1, 0.15) is 6.92 Å². The molecule has 0 aromatic heterocycles. The summed E-state index contributed by atoms with van der Waals surface area (Å²) in [4.78, 5) is 0. The molecular weight excluding hydrogens is 256 g/mol. The van der Waals surface area contributed by atoms with E-state index in [-0.39, 0.29) is 17.6 Å².